The minimum absolute atomic E-state index is 0.206. The number of hydrogen-bond acceptors (Lipinski definition) is 5. The SMILES string of the molecule is COCc1c(C(=O)N2CCc3cc(C(=O)OC)ccc32)oc2ccccc12. The summed E-state index contributed by atoms with van der Waals surface area (Å²) in [5, 5.41) is 0.878. The molecule has 0 atom stereocenters. The maximum atomic E-state index is 13.2. The van der Waals surface area contributed by atoms with Crippen LogP contribution in [0.1, 0.15) is 32.0 Å². The molecule has 0 unspecified atom stereocenters. The fourth-order valence-electron chi connectivity index (χ4n) is 3.54. The first-order valence-corrected chi connectivity index (χ1v) is 8.66. The number of rotatable bonds is 4. The summed E-state index contributed by atoms with van der Waals surface area (Å²) in [5.74, 6) is -0.298. The molecular weight excluding hydrogens is 346 g/mol. The summed E-state index contributed by atoms with van der Waals surface area (Å²) >= 11 is 0. The molecule has 0 radical (unpaired) electrons. The molecule has 6 heteroatoms. The predicted octanol–water partition coefficient (Wildman–Crippen LogP) is 3.57. The summed E-state index contributed by atoms with van der Waals surface area (Å²) in [5.41, 5.74) is 3.62. The average Bonchev–Trinajstić information content (AvgIpc) is 3.28. The summed E-state index contributed by atoms with van der Waals surface area (Å²) in [4.78, 5) is 26.7. The third-order valence-electron chi connectivity index (χ3n) is 4.82. The van der Waals surface area contributed by atoms with Crippen LogP contribution >= 0.6 is 0 Å². The fourth-order valence-corrected chi connectivity index (χ4v) is 3.54. The van der Waals surface area contributed by atoms with E-state index in [4.69, 9.17) is 13.9 Å². The fraction of sp³-hybridized carbons (Fsp3) is 0.238. The first-order chi connectivity index (χ1) is 13.1. The van der Waals surface area contributed by atoms with Crippen LogP contribution in [0.5, 0.6) is 0 Å². The Balaban J connectivity index is 1.72. The number of para-hydroxylation sites is 1. The van der Waals surface area contributed by atoms with Crippen molar-refractivity contribution in [2.75, 3.05) is 25.7 Å². The van der Waals surface area contributed by atoms with Crippen molar-refractivity contribution in [2.45, 2.75) is 13.0 Å². The van der Waals surface area contributed by atoms with E-state index in [1.165, 1.54) is 7.11 Å². The van der Waals surface area contributed by atoms with Gasteiger partial charge in [0.15, 0.2) is 5.76 Å². The van der Waals surface area contributed by atoms with Crippen LogP contribution in [-0.2, 0) is 22.5 Å². The Hall–Kier alpha value is -3.12. The lowest BCUT2D eigenvalue weighted by atomic mass is 10.1. The molecule has 0 spiro atoms. The molecule has 3 aromatic rings. The highest BCUT2D eigenvalue weighted by Crippen LogP contribution is 2.33. The average molecular weight is 365 g/mol. The van der Waals surface area contributed by atoms with Crippen molar-refractivity contribution in [2.24, 2.45) is 0 Å². The number of nitrogens with zero attached hydrogens (tertiary/aromatic N) is 1. The number of anilines is 1. The van der Waals surface area contributed by atoms with Gasteiger partial charge in [0.05, 0.1) is 19.3 Å². The third-order valence-corrected chi connectivity index (χ3v) is 4.82. The molecule has 4 rings (SSSR count). The second-order valence-corrected chi connectivity index (χ2v) is 6.38. The molecule has 6 nitrogen and oxygen atoms in total. The largest absolute Gasteiger partial charge is 0.465 e. The van der Waals surface area contributed by atoms with E-state index < -0.39 is 0 Å². The Kier molecular flexibility index (Phi) is 4.41. The number of furan rings is 1. The summed E-state index contributed by atoms with van der Waals surface area (Å²) in [6, 6.07) is 12.8. The van der Waals surface area contributed by atoms with Crippen LogP contribution in [0.2, 0.25) is 0 Å². The smallest absolute Gasteiger partial charge is 0.337 e. The van der Waals surface area contributed by atoms with Crippen molar-refractivity contribution in [3.8, 4) is 0 Å². The highest BCUT2D eigenvalue weighted by atomic mass is 16.5. The molecule has 138 valence electrons. The summed E-state index contributed by atoms with van der Waals surface area (Å²) < 4.78 is 15.9. The second-order valence-electron chi connectivity index (χ2n) is 6.38. The highest BCUT2D eigenvalue weighted by molar-refractivity contribution is 6.09. The van der Waals surface area contributed by atoms with Gasteiger partial charge >= 0.3 is 5.97 Å². The maximum absolute atomic E-state index is 13.2. The van der Waals surface area contributed by atoms with Crippen LogP contribution in [0.3, 0.4) is 0 Å². The molecule has 2 heterocycles. The molecule has 1 aliphatic heterocycles. The normalized spacial score (nSPS) is 13.0. The van der Waals surface area contributed by atoms with Gasteiger partial charge < -0.3 is 18.8 Å². The zero-order valence-electron chi connectivity index (χ0n) is 15.2. The number of hydrogen-bond donors (Lipinski definition) is 0. The summed E-state index contributed by atoms with van der Waals surface area (Å²) in [6.07, 6.45) is 0.672. The first-order valence-electron chi connectivity index (χ1n) is 8.66. The van der Waals surface area contributed by atoms with Crippen LogP contribution in [0.15, 0.2) is 46.9 Å². The van der Waals surface area contributed by atoms with Gasteiger partial charge in [-0.2, -0.15) is 0 Å². The molecule has 0 saturated heterocycles. The lowest BCUT2D eigenvalue weighted by molar-refractivity contribution is 0.0600. The van der Waals surface area contributed by atoms with Crippen LogP contribution in [0.4, 0.5) is 5.69 Å². The molecule has 2 aromatic carbocycles. The number of methoxy groups -OCH3 is 2. The number of benzene rings is 2. The monoisotopic (exact) mass is 365 g/mol. The van der Waals surface area contributed by atoms with Gasteiger partial charge in [-0.05, 0) is 36.2 Å². The van der Waals surface area contributed by atoms with Gasteiger partial charge in [-0.15, -0.1) is 0 Å². The van der Waals surface area contributed by atoms with E-state index >= 15 is 0 Å². The number of carbonyl (C=O) groups is 2. The first kappa shape index (κ1) is 17.3. The highest BCUT2D eigenvalue weighted by Gasteiger charge is 2.31. The van der Waals surface area contributed by atoms with E-state index in [1.807, 2.05) is 24.3 Å². The predicted molar refractivity (Wildman–Crippen MR) is 100 cm³/mol. The molecule has 1 amide bonds. The van der Waals surface area contributed by atoms with E-state index in [0.717, 1.165) is 22.2 Å². The Morgan fingerprint density at radius 1 is 1.15 bits per heavy atom. The van der Waals surface area contributed by atoms with Crippen molar-refractivity contribution in [3.05, 3.63) is 64.9 Å². The molecule has 0 N–H and O–H groups in total. The van der Waals surface area contributed by atoms with E-state index in [2.05, 4.69) is 0 Å². The van der Waals surface area contributed by atoms with Crippen LogP contribution in [-0.4, -0.2) is 32.6 Å². The van der Waals surface area contributed by atoms with Gasteiger partial charge in [-0.25, -0.2) is 4.79 Å². The second kappa shape index (κ2) is 6.89. The van der Waals surface area contributed by atoms with Gasteiger partial charge in [0.25, 0.3) is 5.91 Å². The zero-order valence-corrected chi connectivity index (χ0v) is 15.2. The number of ether oxygens (including phenoxy) is 2. The molecular formula is C21H19NO5. The van der Waals surface area contributed by atoms with E-state index in [1.54, 1.807) is 30.2 Å². The molecule has 1 aliphatic rings. The number of esters is 1. The van der Waals surface area contributed by atoms with E-state index in [-0.39, 0.29) is 11.9 Å². The molecule has 27 heavy (non-hydrogen) atoms. The minimum Gasteiger partial charge on any atom is -0.465 e. The number of amides is 1. The van der Waals surface area contributed by atoms with Crippen LogP contribution < -0.4 is 4.90 Å². The van der Waals surface area contributed by atoms with Crippen molar-refractivity contribution in [1.29, 1.82) is 0 Å². The van der Waals surface area contributed by atoms with Gasteiger partial charge in [-0.1, -0.05) is 18.2 Å². The molecule has 0 aliphatic carbocycles. The van der Waals surface area contributed by atoms with Crippen molar-refractivity contribution in [1.82, 2.24) is 0 Å². The van der Waals surface area contributed by atoms with Crippen molar-refractivity contribution < 1.29 is 23.5 Å². The topological polar surface area (TPSA) is 69.0 Å². The molecule has 0 saturated carbocycles. The molecule has 1 aromatic heterocycles. The lowest BCUT2D eigenvalue weighted by Gasteiger charge is -2.17. The van der Waals surface area contributed by atoms with Gasteiger partial charge in [0.2, 0.25) is 0 Å². The lowest BCUT2D eigenvalue weighted by Crippen LogP contribution is -2.29. The van der Waals surface area contributed by atoms with Gasteiger partial charge in [0, 0.05) is 30.3 Å². The number of fused-ring (bicyclic) bond motifs is 2. The Morgan fingerprint density at radius 2 is 1.96 bits per heavy atom. The van der Waals surface area contributed by atoms with Crippen LogP contribution in [0, 0.1) is 0 Å². The molecule has 0 fully saturated rings. The maximum Gasteiger partial charge on any atom is 0.337 e. The Morgan fingerprint density at radius 3 is 2.74 bits per heavy atom. The van der Waals surface area contributed by atoms with Crippen LogP contribution in [0.25, 0.3) is 11.0 Å². The van der Waals surface area contributed by atoms with E-state index in [0.29, 0.717) is 36.5 Å². The zero-order chi connectivity index (χ0) is 19.0. The summed E-state index contributed by atoms with van der Waals surface area (Å²) in [6.45, 7) is 0.822. The van der Waals surface area contributed by atoms with Gasteiger partial charge in [0.1, 0.15) is 5.58 Å². The third kappa shape index (κ3) is 2.88. The number of carbonyl (C=O) groups excluding carboxylic acids is 2. The Bertz CT molecular complexity index is 1040. The minimum atomic E-state index is -0.387. The quantitative estimate of drug-likeness (QED) is 0.661. The standard InChI is InChI=1S/C21H19NO5/c1-25-12-16-15-5-3-4-6-18(15)27-19(16)20(23)22-10-9-13-11-14(21(24)26-2)7-8-17(13)22/h3-8,11H,9-10,12H2,1-2H3. The van der Waals surface area contributed by atoms with Gasteiger partial charge in [-0.3, -0.25) is 4.79 Å². The summed E-state index contributed by atoms with van der Waals surface area (Å²) in [7, 11) is 2.94. The van der Waals surface area contributed by atoms with E-state index in [9.17, 15) is 9.59 Å². The van der Waals surface area contributed by atoms with Crippen molar-refractivity contribution in [3.63, 3.8) is 0 Å². The van der Waals surface area contributed by atoms with Crippen molar-refractivity contribution >= 4 is 28.5 Å². The Labute approximate surface area is 156 Å². The molecule has 0 bridgehead atoms.